The van der Waals surface area contributed by atoms with E-state index in [4.69, 9.17) is 15.0 Å². The van der Waals surface area contributed by atoms with Gasteiger partial charge >= 0.3 is 0 Å². The van der Waals surface area contributed by atoms with Crippen molar-refractivity contribution in [2.45, 2.75) is 19.7 Å². The van der Waals surface area contributed by atoms with Crippen LogP contribution >= 0.6 is 0 Å². The highest BCUT2D eigenvalue weighted by Crippen LogP contribution is 2.08. The first-order valence-corrected chi connectivity index (χ1v) is 6.58. The molecule has 1 aromatic carbocycles. The molecule has 0 unspecified atom stereocenters. The van der Waals surface area contributed by atoms with Crippen molar-refractivity contribution in [3.05, 3.63) is 47.6 Å². The van der Waals surface area contributed by atoms with Gasteiger partial charge in [-0.1, -0.05) is 35.5 Å². The molecule has 0 atom stereocenters. The molecule has 1 aromatic heterocycles. The van der Waals surface area contributed by atoms with Crippen LogP contribution in [0.5, 0.6) is 0 Å². The quantitative estimate of drug-likeness (QED) is 0.780. The van der Waals surface area contributed by atoms with Crippen molar-refractivity contribution in [2.75, 3.05) is 20.2 Å². The fourth-order valence-corrected chi connectivity index (χ4v) is 1.97. The maximum atomic E-state index is 5.66. The van der Waals surface area contributed by atoms with E-state index < -0.39 is 0 Å². The van der Waals surface area contributed by atoms with Gasteiger partial charge in [0.25, 0.3) is 0 Å². The molecule has 0 aliphatic carbocycles. The molecular formula is C14H20N4O2. The second-order valence-electron chi connectivity index (χ2n) is 4.52. The first-order valence-electron chi connectivity index (χ1n) is 6.58. The maximum absolute atomic E-state index is 5.66. The molecule has 6 nitrogen and oxygen atoms in total. The van der Waals surface area contributed by atoms with Gasteiger partial charge in [0, 0.05) is 26.7 Å². The molecule has 0 spiro atoms. The molecule has 0 aliphatic rings. The van der Waals surface area contributed by atoms with E-state index in [2.05, 4.69) is 27.2 Å². The third-order valence-electron chi connectivity index (χ3n) is 2.84. The molecule has 0 saturated carbocycles. The summed E-state index contributed by atoms with van der Waals surface area (Å²) in [6.45, 7) is 3.12. The van der Waals surface area contributed by atoms with Crippen LogP contribution in [0, 0.1) is 0 Å². The van der Waals surface area contributed by atoms with Crippen molar-refractivity contribution in [1.82, 2.24) is 15.0 Å². The Bertz CT molecular complexity index is 501. The van der Waals surface area contributed by atoms with Crippen LogP contribution in [0.25, 0.3) is 0 Å². The molecule has 0 radical (unpaired) electrons. The lowest BCUT2D eigenvalue weighted by Gasteiger charge is -2.19. The molecule has 2 N–H and O–H groups in total. The largest absolute Gasteiger partial charge is 0.377 e. The van der Waals surface area contributed by atoms with Crippen LogP contribution in [0.2, 0.25) is 0 Å². The lowest BCUT2D eigenvalue weighted by Crippen LogP contribution is -2.28. The zero-order valence-corrected chi connectivity index (χ0v) is 11.7. The van der Waals surface area contributed by atoms with Crippen molar-refractivity contribution < 1.29 is 9.26 Å². The van der Waals surface area contributed by atoms with E-state index in [0.717, 1.165) is 13.1 Å². The van der Waals surface area contributed by atoms with Gasteiger partial charge in [-0.3, -0.25) is 4.90 Å². The number of hydrogen-bond donors (Lipinski definition) is 1. The number of aromatic nitrogens is 2. The third kappa shape index (κ3) is 4.41. The molecule has 2 aromatic rings. The van der Waals surface area contributed by atoms with E-state index in [1.807, 2.05) is 18.2 Å². The first kappa shape index (κ1) is 14.6. The number of benzene rings is 1. The highest BCUT2D eigenvalue weighted by Gasteiger charge is 2.12. The highest BCUT2D eigenvalue weighted by molar-refractivity contribution is 5.14. The lowest BCUT2D eigenvalue weighted by atomic mass is 10.2. The van der Waals surface area contributed by atoms with Crippen LogP contribution in [0.4, 0.5) is 0 Å². The normalized spacial score (nSPS) is 11.2. The summed E-state index contributed by atoms with van der Waals surface area (Å²) in [5.74, 6) is 1.15. The lowest BCUT2D eigenvalue weighted by molar-refractivity contribution is 0.174. The van der Waals surface area contributed by atoms with Gasteiger partial charge in [-0.25, -0.2) is 0 Å². The van der Waals surface area contributed by atoms with Gasteiger partial charge < -0.3 is 15.0 Å². The second kappa shape index (κ2) is 7.74. The molecule has 0 amide bonds. The molecule has 1 heterocycles. The van der Waals surface area contributed by atoms with E-state index in [0.29, 0.717) is 31.4 Å². The van der Waals surface area contributed by atoms with Crippen LogP contribution in [0.15, 0.2) is 34.9 Å². The Labute approximate surface area is 118 Å². The molecule has 108 valence electrons. The number of nitrogens with zero attached hydrogens (tertiary/aromatic N) is 3. The second-order valence-corrected chi connectivity index (χ2v) is 4.52. The summed E-state index contributed by atoms with van der Waals surface area (Å²) >= 11 is 0. The first-order chi connectivity index (χ1) is 9.81. The summed E-state index contributed by atoms with van der Waals surface area (Å²) in [7, 11) is 1.60. The highest BCUT2D eigenvalue weighted by atomic mass is 16.5. The van der Waals surface area contributed by atoms with Crippen LogP contribution in [-0.2, 0) is 24.4 Å². The van der Waals surface area contributed by atoms with E-state index in [1.165, 1.54) is 5.56 Å². The van der Waals surface area contributed by atoms with E-state index >= 15 is 0 Å². The van der Waals surface area contributed by atoms with Gasteiger partial charge in [0.05, 0.1) is 6.54 Å². The molecule has 0 aliphatic heterocycles. The fraction of sp³-hybridized carbons (Fsp3) is 0.429. The molecular weight excluding hydrogens is 256 g/mol. The van der Waals surface area contributed by atoms with Crippen molar-refractivity contribution in [1.29, 1.82) is 0 Å². The standard InChI is InChI=1S/C14H20N4O2/c1-19-11-13-16-14(20-17-13)10-18(8-7-15)9-12-5-3-2-4-6-12/h2-6H,7-11,15H2,1H3. The molecule has 0 bridgehead atoms. The van der Waals surface area contributed by atoms with Crippen molar-refractivity contribution >= 4 is 0 Å². The van der Waals surface area contributed by atoms with Gasteiger partial charge in [-0.15, -0.1) is 0 Å². The number of methoxy groups -OCH3 is 1. The van der Waals surface area contributed by atoms with Gasteiger partial charge in [0.1, 0.15) is 6.61 Å². The predicted molar refractivity (Wildman–Crippen MR) is 74.6 cm³/mol. The Kier molecular flexibility index (Phi) is 5.67. The van der Waals surface area contributed by atoms with Gasteiger partial charge in [0.2, 0.25) is 5.89 Å². The predicted octanol–water partition coefficient (Wildman–Crippen LogP) is 1.18. The molecule has 2 rings (SSSR count). The van der Waals surface area contributed by atoms with Crippen LogP contribution in [0.1, 0.15) is 17.3 Å². The zero-order chi connectivity index (χ0) is 14.2. The van der Waals surface area contributed by atoms with E-state index in [1.54, 1.807) is 7.11 Å². The summed E-state index contributed by atoms with van der Waals surface area (Å²) in [6, 6.07) is 10.2. The maximum Gasteiger partial charge on any atom is 0.240 e. The van der Waals surface area contributed by atoms with E-state index in [9.17, 15) is 0 Å². The Morgan fingerprint density at radius 2 is 2.05 bits per heavy atom. The number of hydrogen-bond acceptors (Lipinski definition) is 6. The summed E-state index contributed by atoms with van der Waals surface area (Å²) < 4.78 is 10.2. The monoisotopic (exact) mass is 276 g/mol. The van der Waals surface area contributed by atoms with Crippen LogP contribution in [0.3, 0.4) is 0 Å². The van der Waals surface area contributed by atoms with E-state index in [-0.39, 0.29) is 0 Å². The fourth-order valence-electron chi connectivity index (χ4n) is 1.97. The Morgan fingerprint density at radius 1 is 1.25 bits per heavy atom. The Balaban J connectivity index is 1.97. The third-order valence-corrected chi connectivity index (χ3v) is 2.84. The number of rotatable bonds is 8. The van der Waals surface area contributed by atoms with Crippen molar-refractivity contribution in [3.63, 3.8) is 0 Å². The van der Waals surface area contributed by atoms with Crippen LogP contribution in [-0.4, -0.2) is 35.2 Å². The molecule has 0 saturated heterocycles. The van der Waals surface area contributed by atoms with Crippen LogP contribution < -0.4 is 5.73 Å². The Hall–Kier alpha value is -1.76. The average Bonchev–Trinajstić information content (AvgIpc) is 2.88. The minimum absolute atomic E-state index is 0.360. The minimum atomic E-state index is 0.360. The Morgan fingerprint density at radius 3 is 2.75 bits per heavy atom. The number of nitrogens with two attached hydrogens (primary N) is 1. The van der Waals surface area contributed by atoms with Gasteiger partial charge in [-0.2, -0.15) is 4.98 Å². The summed E-state index contributed by atoms with van der Waals surface area (Å²) in [5.41, 5.74) is 6.90. The SMILES string of the molecule is COCc1noc(CN(CCN)Cc2ccccc2)n1. The average molecular weight is 276 g/mol. The van der Waals surface area contributed by atoms with Crippen molar-refractivity contribution in [3.8, 4) is 0 Å². The molecule has 6 heteroatoms. The molecule has 0 fully saturated rings. The topological polar surface area (TPSA) is 77.4 Å². The summed E-state index contributed by atoms with van der Waals surface area (Å²) in [6.07, 6.45) is 0. The van der Waals surface area contributed by atoms with Crippen molar-refractivity contribution in [2.24, 2.45) is 5.73 Å². The number of ether oxygens (including phenoxy) is 1. The summed E-state index contributed by atoms with van der Waals surface area (Å²) in [4.78, 5) is 6.46. The zero-order valence-electron chi connectivity index (χ0n) is 11.7. The minimum Gasteiger partial charge on any atom is -0.377 e. The summed E-state index contributed by atoms with van der Waals surface area (Å²) in [5, 5.41) is 3.86. The smallest absolute Gasteiger partial charge is 0.240 e. The molecule has 20 heavy (non-hydrogen) atoms. The van der Waals surface area contributed by atoms with Gasteiger partial charge in [0.15, 0.2) is 5.82 Å². The van der Waals surface area contributed by atoms with Gasteiger partial charge in [-0.05, 0) is 5.56 Å².